The van der Waals surface area contributed by atoms with Crippen molar-refractivity contribution < 1.29 is 19.2 Å². The first-order valence-corrected chi connectivity index (χ1v) is 6.36. The molecule has 0 amide bonds. The van der Waals surface area contributed by atoms with E-state index in [1.54, 1.807) is 11.8 Å². The van der Waals surface area contributed by atoms with E-state index in [9.17, 15) is 9.59 Å². The maximum absolute atomic E-state index is 11.4. The van der Waals surface area contributed by atoms with Gasteiger partial charge in [0.1, 0.15) is 6.04 Å². The van der Waals surface area contributed by atoms with Gasteiger partial charge in [0.15, 0.2) is 0 Å². The van der Waals surface area contributed by atoms with Crippen molar-refractivity contribution in [1.82, 2.24) is 5.48 Å². The molecule has 0 unspecified atom stereocenters. The highest BCUT2D eigenvalue weighted by atomic mass is 32.2. The summed E-state index contributed by atoms with van der Waals surface area (Å²) in [7, 11) is 0. The van der Waals surface area contributed by atoms with E-state index in [1.807, 2.05) is 27.0 Å². The number of hydroxylamine groups is 1. The van der Waals surface area contributed by atoms with Crippen LogP contribution in [0.5, 0.6) is 0 Å². The van der Waals surface area contributed by atoms with Crippen LogP contribution in [0.1, 0.15) is 27.2 Å². The van der Waals surface area contributed by atoms with Gasteiger partial charge in [0.25, 0.3) is 0 Å². The summed E-state index contributed by atoms with van der Waals surface area (Å²) in [4.78, 5) is 26.7. The van der Waals surface area contributed by atoms with Crippen LogP contribution in [-0.2, 0) is 19.2 Å². The predicted octanol–water partition coefficient (Wildman–Crippen LogP) is 1.13. The lowest BCUT2D eigenvalue weighted by molar-refractivity contribution is -0.160. The van der Waals surface area contributed by atoms with Crippen LogP contribution >= 0.6 is 11.8 Å². The number of carbonyl (C=O) groups is 2. The molecule has 0 bridgehead atoms. The average Bonchev–Trinajstić information content (AvgIpc) is 2.16. The van der Waals surface area contributed by atoms with Gasteiger partial charge in [0, 0.05) is 0 Å². The van der Waals surface area contributed by atoms with Crippen LogP contribution in [-0.4, -0.2) is 36.1 Å². The summed E-state index contributed by atoms with van der Waals surface area (Å²) < 4.78 is 4.30. The van der Waals surface area contributed by atoms with Gasteiger partial charge >= 0.3 is 12.4 Å². The average molecular weight is 249 g/mol. The Kier molecular flexibility index (Phi) is 7.36. The topological polar surface area (TPSA) is 64.6 Å². The molecule has 1 N–H and O–H groups in total. The minimum absolute atomic E-state index is 0.132. The first-order valence-electron chi connectivity index (χ1n) is 4.97. The van der Waals surface area contributed by atoms with E-state index < -0.39 is 17.6 Å². The molecule has 0 saturated heterocycles. The molecule has 0 aliphatic rings. The van der Waals surface area contributed by atoms with E-state index in [1.165, 1.54) is 0 Å². The summed E-state index contributed by atoms with van der Waals surface area (Å²) >= 11 is 1.61. The highest BCUT2D eigenvalue weighted by Crippen LogP contribution is 2.08. The number of rotatable bonds is 7. The molecule has 0 radical (unpaired) electrons. The van der Waals surface area contributed by atoms with Crippen LogP contribution < -0.4 is 5.48 Å². The molecule has 0 saturated carbocycles. The lowest BCUT2D eigenvalue weighted by Crippen LogP contribution is -2.42. The zero-order valence-electron chi connectivity index (χ0n) is 10.1. The van der Waals surface area contributed by atoms with E-state index in [0.29, 0.717) is 6.42 Å². The van der Waals surface area contributed by atoms with Gasteiger partial charge in [-0.2, -0.15) is 17.2 Å². The molecule has 0 fully saturated rings. The Morgan fingerprint density at radius 3 is 2.56 bits per heavy atom. The van der Waals surface area contributed by atoms with Crippen molar-refractivity contribution in [3.8, 4) is 0 Å². The number of carbonyl (C=O) groups excluding carboxylic acids is 2. The smallest absolute Gasteiger partial charge is 0.332 e. The van der Waals surface area contributed by atoms with Crippen LogP contribution in [0.4, 0.5) is 0 Å². The number of nitrogens with one attached hydrogen (secondary N) is 1. The summed E-state index contributed by atoms with van der Waals surface area (Å²) in [6.07, 6.45) is 2.48. The summed E-state index contributed by atoms with van der Waals surface area (Å²) in [6.45, 7) is 5.71. The lowest BCUT2D eigenvalue weighted by atomic mass is 10.2. The highest BCUT2D eigenvalue weighted by molar-refractivity contribution is 7.98. The Hall–Kier alpha value is -0.590. The Bertz CT molecular complexity index is 227. The minimum atomic E-state index is -0.617. The Balaban J connectivity index is 4.19. The third-order valence-corrected chi connectivity index (χ3v) is 2.21. The van der Waals surface area contributed by atoms with Crippen molar-refractivity contribution >= 4 is 24.2 Å². The van der Waals surface area contributed by atoms with Gasteiger partial charge in [-0.15, -0.1) is 0 Å². The maximum Gasteiger partial charge on any atom is 0.332 e. The second-order valence-corrected chi connectivity index (χ2v) is 5.19. The standard InChI is InChI=1S/C10H19NO4S/c1-10(2,3)15-11-8(5-6-16-4)9(13)14-7-12/h7-8,11H,5-6H2,1-4H3/t8-/m0/s1. The van der Waals surface area contributed by atoms with E-state index >= 15 is 0 Å². The van der Waals surface area contributed by atoms with Gasteiger partial charge < -0.3 is 4.74 Å². The van der Waals surface area contributed by atoms with Crippen LogP contribution in [0.3, 0.4) is 0 Å². The lowest BCUT2D eigenvalue weighted by Gasteiger charge is -2.23. The molecule has 6 heteroatoms. The van der Waals surface area contributed by atoms with Crippen LogP contribution in [0.15, 0.2) is 0 Å². The second kappa shape index (κ2) is 7.65. The summed E-state index contributed by atoms with van der Waals surface area (Å²) in [5.41, 5.74) is 2.23. The van der Waals surface area contributed by atoms with E-state index in [0.717, 1.165) is 5.75 Å². The van der Waals surface area contributed by atoms with E-state index in [2.05, 4.69) is 10.2 Å². The molecule has 0 aliphatic carbocycles. The van der Waals surface area contributed by atoms with Crippen LogP contribution in [0, 0.1) is 0 Å². The molecular weight excluding hydrogens is 230 g/mol. The maximum atomic E-state index is 11.4. The van der Waals surface area contributed by atoms with Gasteiger partial charge in [-0.25, -0.2) is 4.79 Å². The molecule has 0 heterocycles. The number of hydrogen-bond donors (Lipinski definition) is 1. The molecule has 0 aromatic heterocycles. The molecule has 0 rings (SSSR count). The highest BCUT2D eigenvalue weighted by Gasteiger charge is 2.22. The fourth-order valence-corrected chi connectivity index (χ4v) is 1.31. The molecule has 1 atom stereocenters. The second-order valence-electron chi connectivity index (χ2n) is 4.20. The number of esters is 1. The molecule has 0 aromatic carbocycles. The van der Waals surface area contributed by atoms with Gasteiger partial charge in [0.2, 0.25) is 0 Å². The van der Waals surface area contributed by atoms with Gasteiger partial charge in [-0.3, -0.25) is 9.63 Å². The molecule has 16 heavy (non-hydrogen) atoms. The van der Waals surface area contributed by atoms with Crippen molar-refractivity contribution in [2.45, 2.75) is 38.8 Å². The summed E-state index contributed by atoms with van der Waals surface area (Å²) in [6, 6.07) is -0.614. The summed E-state index contributed by atoms with van der Waals surface area (Å²) in [5.74, 6) is 0.160. The van der Waals surface area contributed by atoms with E-state index in [4.69, 9.17) is 4.84 Å². The SMILES string of the molecule is CSCC[C@H](NOC(C)(C)C)C(=O)OC=O. The van der Waals surface area contributed by atoms with E-state index in [-0.39, 0.29) is 6.47 Å². The quantitative estimate of drug-likeness (QED) is 0.316. The zero-order valence-corrected chi connectivity index (χ0v) is 10.9. The van der Waals surface area contributed by atoms with Gasteiger partial charge in [-0.05, 0) is 39.2 Å². The zero-order chi connectivity index (χ0) is 12.6. The van der Waals surface area contributed by atoms with Crippen molar-refractivity contribution in [3.05, 3.63) is 0 Å². The third kappa shape index (κ3) is 7.67. The first-order chi connectivity index (χ1) is 7.40. The molecule has 0 spiro atoms. The number of ether oxygens (including phenoxy) is 1. The molecular formula is C10H19NO4S. The largest absolute Gasteiger partial charge is 0.394 e. The third-order valence-electron chi connectivity index (χ3n) is 1.57. The number of hydrogen-bond acceptors (Lipinski definition) is 6. The normalized spacial score (nSPS) is 13.2. The Morgan fingerprint density at radius 2 is 2.12 bits per heavy atom. The minimum Gasteiger partial charge on any atom is -0.394 e. The summed E-state index contributed by atoms with van der Waals surface area (Å²) in [5, 5.41) is 0. The van der Waals surface area contributed by atoms with Crippen LogP contribution in [0.25, 0.3) is 0 Å². The first kappa shape index (κ1) is 15.4. The molecule has 5 nitrogen and oxygen atoms in total. The molecule has 0 aliphatic heterocycles. The predicted molar refractivity (Wildman–Crippen MR) is 62.9 cm³/mol. The van der Waals surface area contributed by atoms with Gasteiger partial charge in [-0.1, -0.05) is 0 Å². The van der Waals surface area contributed by atoms with Crippen molar-refractivity contribution in [2.75, 3.05) is 12.0 Å². The van der Waals surface area contributed by atoms with Crippen molar-refractivity contribution in [2.24, 2.45) is 0 Å². The fraction of sp³-hybridized carbons (Fsp3) is 0.800. The molecule has 94 valence electrons. The van der Waals surface area contributed by atoms with Crippen molar-refractivity contribution in [3.63, 3.8) is 0 Å². The van der Waals surface area contributed by atoms with Crippen molar-refractivity contribution in [1.29, 1.82) is 0 Å². The Labute approximate surface area is 100 Å². The fourth-order valence-electron chi connectivity index (χ4n) is 0.838. The number of thioether (sulfide) groups is 1. The monoisotopic (exact) mass is 249 g/mol. The molecule has 0 aromatic rings. The van der Waals surface area contributed by atoms with Gasteiger partial charge in [0.05, 0.1) is 5.60 Å². The van der Waals surface area contributed by atoms with Crippen LogP contribution in [0.2, 0.25) is 0 Å². The Morgan fingerprint density at radius 1 is 1.50 bits per heavy atom.